The molecule has 0 aromatic carbocycles. The summed E-state index contributed by atoms with van der Waals surface area (Å²) in [4.78, 5) is 4.25. The average molecular weight is 206 g/mol. The van der Waals surface area contributed by atoms with Crippen LogP contribution in [0.15, 0.2) is 24.9 Å². The maximum atomic E-state index is 5.57. The van der Waals surface area contributed by atoms with Crippen molar-refractivity contribution >= 4 is 0 Å². The van der Waals surface area contributed by atoms with E-state index in [1.807, 2.05) is 19.2 Å². The third kappa shape index (κ3) is 3.72. The molecule has 0 aliphatic rings. The first-order valence-electron chi connectivity index (χ1n) is 5.17. The number of aryl methyl sites for hydroxylation is 1. The van der Waals surface area contributed by atoms with Crippen LogP contribution in [0.2, 0.25) is 0 Å². The van der Waals surface area contributed by atoms with Gasteiger partial charge in [-0.25, -0.2) is 0 Å². The number of rotatable bonds is 6. The van der Waals surface area contributed by atoms with Gasteiger partial charge in [0.15, 0.2) is 0 Å². The summed E-state index contributed by atoms with van der Waals surface area (Å²) in [6.07, 6.45) is 3.60. The Morgan fingerprint density at radius 2 is 2.40 bits per heavy atom. The van der Waals surface area contributed by atoms with Crippen molar-refractivity contribution in [2.75, 3.05) is 13.2 Å². The summed E-state index contributed by atoms with van der Waals surface area (Å²) in [7, 11) is 0. The minimum Gasteiger partial charge on any atom is -0.489 e. The SMILES string of the molecule is C=CCOc1cc(C)ncc1CNCC. The molecule has 0 amide bonds. The number of nitrogens with one attached hydrogen (secondary N) is 1. The minimum atomic E-state index is 0.530. The zero-order chi connectivity index (χ0) is 11.1. The van der Waals surface area contributed by atoms with Crippen LogP contribution in [0.5, 0.6) is 5.75 Å². The molecule has 0 radical (unpaired) electrons. The maximum absolute atomic E-state index is 5.57. The Kier molecular flexibility index (Phi) is 4.84. The lowest BCUT2D eigenvalue weighted by molar-refractivity contribution is 0.357. The van der Waals surface area contributed by atoms with Crippen LogP contribution in [0, 0.1) is 6.92 Å². The first-order valence-corrected chi connectivity index (χ1v) is 5.17. The van der Waals surface area contributed by atoms with Gasteiger partial charge in [0.2, 0.25) is 0 Å². The second-order valence-electron chi connectivity index (χ2n) is 3.31. The highest BCUT2D eigenvalue weighted by atomic mass is 16.5. The summed E-state index contributed by atoms with van der Waals surface area (Å²) < 4.78 is 5.57. The van der Waals surface area contributed by atoms with Gasteiger partial charge in [-0.05, 0) is 13.5 Å². The second-order valence-corrected chi connectivity index (χ2v) is 3.31. The van der Waals surface area contributed by atoms with E-state index < -0.39 is 0 Å². The summed E-state index contributed by atoms with van der Waals surface area (Å²) in [6.45, 7) is 9.92. The fraction of sp³-hybridized carbons (Fsp3) is 0.417. The van der Waals surface area contributed by atoms with Crippen LogP contribution in [0.25, 0.3) is 0 Å². The molecular formula is C12H18N2O. The summed E-state index contributed by atoms with van der Waals surface area (Å²) >= 11 is 0. The van der Waals surface area contributed by atoms with E-state index in [1.54, 1.807) is 6.08 Å². The molecule has 3 nitrogen and oxygen atoms in total. The molecule has 1 aromatic rings. The predicted octanol–water partition coefficient (Wildman–Crippen LogP) is 2.06. The van der Waals surface area contributed by atoms with E-state index in [9.17, 15) is 0 Å². The van der Waals surface area contributed by atoms with Gasteiger partial charge in [-0.1, -0.05) is 19.6 Å². The fourth-order valence-corrected chi connectivity index (χ4v) is 1.24. The van der Waals surface area contributed by atoms with Crippen LogP contribution in [-0.4, -0.2) is 18.1 Å². The van der Waals surface area contributed by atoms with Crippen molar-refractivity contribution in [1.29, 1.82) is 0 Å². The molecular weight excluding hydrogens is 188 g/mol. The van der Waals surface area contributed by atoms with E-state index in [0.29, 0.717) is 6.61 Å². The first-order chi connectivity index (χ1) is 7.27. The van der Waals surface area contributed by atoms with Crippen molar-refractivity contribution < 1.29 is 4.74 Å². The molecule has 0 bridgehead atoms. The zero-order valence-corrected chi connectivity index (χ0v) is 9.42. The highest BCUT2D eigenvalue weighted by molar-refractivity contribution is 5.32. The van der Waals surface area contributed by atoms with Gasteiger partial charge in [0.1, 0.15) is 12.4 Å². The van der Waals surface area contributed by atoms with Crippen LogP contribution >= 0.6 is 0 Å². The smallest absolute Gasteiger partial charge is 0.127 e. The van der Waals surface area contributed by atoms with Gasteiger partial charge in [0.05, 0.1) is 0 Å². The van der Waals surface area contributed by atoms with E-state index in [0.717, 1.165) is 30.1 Å². The molecule has 1 heterocycles. The molecule has 1 aromatic heterocycles. The summed E-state index contributed by atoms with van der Waals surface area (Å²) in [5.41, 5.74) is 2.05. The molecule has 3 heteroatoms. The topological polar surface area (TPSA) is 34.1 Å². The summed E-state index contributed by atoms with van der Waals surface area (Å²) in [6, 6.07) is 1.95. The van der Waals surface area contributed by atoms with Crippen molar-refractivity contribution in [2.24, 2.45) is 0 Å². The molecule has 0 spiro atoms. The van der Waals surface area contributed by atoms with E-state index in [2.05, 4.69) is 23.8 Å². The number of ether oxygens (including phenoxy) is 1. The Labute approximate surface area is 91.2 Å². The van der Waals surface area contributed by atoms with Gasteiger partial charge in [-0.3, -0.25) is 4.98 Å². The highest BCUT2D eigenvalue weighted by Gasteiger charge is 2.03. The van der Waals surface area contributed by atoms with Gasteiger partial charge in [0, 0.05) is 30.1 Å². The molecule has 1 rings (SSSR count). The van der Waals surface area contributed by atoms with Gasteiger partial charge < -0.3 is 10.1 Å². The molecule has 1 N–H and O–H groups in total. The van der Waals surface area contributed by atoms with E-state index in [4.69, 9.17) is 4.74 Å². The highest BCUT2D eigenvalue weighted by Crippen LogP contribution is 2.18. The van der Waals surface area contributed by atoms with Crippen molar-refractivity contribution in [1.82, 2.24) is 10.3 Å². The van der Waals surface area contributed by atoms with Crippen LogP contribution < -0.4 is 10.1 Å². The molecule has 15 heavy (non-hydrogen) atoms. The predicted molar refractivity (Wildman–Crippen MR) is 62.0 cm³/mol. The van der Waals surface area contributed by atoms with E-state index in [1.165, 1.54) is 0 Å². The van der Waals surface area contributed by atoms with Crippen LogP contribution in [0.4, 0.5) is 0 Å². The van der Waals surface area contributed by atoms with Gasteiger partial charge in [-0.2, -0.15) is 0 Å². The third-order valence-electron chi connectivity index (χ3n) is 2.00. The summed E-state index contributed by atoms with van der Waals surface area (Å²) in [5.74, 6) is 0.892. The van der Waals surface area contributed by atoms with E-state index >= 15 is 0 Å². The monoisotopic (exact) mass is 206 g/mol. The second kappa shape index (κ2) is 6.19. The molecule has 0 fully saturated rings. The van der Waals surface area contributed by atoms with Gasteiger partial charge >= 0.3 is 0 Å². The van der Waals surface area contributed by atoms with Crippen LogP contribution in [0.3, 0.4) is 0 Å². The number of nitrogens with zero attached hydrogens (tertiary/aromatic N) is 1. The fourth-order valence-electron chi connectivity index (χ4n) is 1.24. The largest absolute Gasteiger partial charge is 0.489 e. The van der Waals surface area contributed by atoms with Crippen LogP contribution in [0.1, 0.15) is 18.2 Å². The Morgan fingerprint density at radius 1 is 1.60 bits per heavy atom. The molecule has 82 valence electrons. The normalized spacial score (nSPS) is 10.0. The lowest BCUT2D eigenvalue weighted by Gasteiger charge is -2.10. The molecule has 0 saturated carbocycles. The first kappa shape index (κ1) is 11.7. The zero-order valence-electron chi connectivity index (χ0n) is 9.42. The van der Waals surface area contributed by atoms with Crippen molar-refractivity contribution in [2.45, 2.75) is 20.4 Å². The van der Waals surface area contributed by atoms with Crippen molar-refractivity contribution in [3.63, 3.8) is 0 Å². The lowest BCUT2D eigenvalue weighted by atomic mass is 10.2. The number of aromatic nitrogens is 1. The molecule has 0 unspecified atom stereocenters. The maximum Gasteiger partial charge on any atom is 0.127 e. The molecule has 0 aliphatic carbocycles. The van der Waals surface area contributed by atoms with E-state index in [-0.39, 0.29) is 0 Å². The number of hydrogen-bond acceptors (Lipinski definition) is 3. The lowest BCUT2D eigenvalue weighted by Crippen LogP contribution is -2.13. The standard InChI is InChI=1S/C12H18N2O/c1-4-6-15-12-7-10(3)14-9-11(12)8-13-5-2/h4,7,9,13H,1,5-6,8H2,2-3H3. The Hall–Kier alpha value is -1.35. The Balaban J connectivity index is 2.77. The Morgan fingerprint density at radius 3 is 3.07 bits per heavy atom. The Bertz CT molecular complexity index is 323. The number of pyridine rings is 1. The third-order valence-corrected chi connectivity index (χ3v) is 2.00. The van der Waals surface area contributed by atoms with Gasteiger partial charge in [-0.15, -0.1) is 0 Å². The molecule has 0 saturated heterocycles. The van der Waals surface area contributed by atoms with Crippen molar-refractivity contribution in [3.8, 4) is 5.75 Å². The summed E-state index contributed by atoms with van der Waals surface area (Å²) in [5, 5.41) is 3.26. The average Bonchev–Trinajstić information content (AvgIpc) is 2.25. The minimum absolute atomic E-state index is 0.530. The van der Waals surface area contributed by atoms with Crippen molar-refractivity contribution in [3.05, 3.63) is 36.2 Å². The number of hydrogen-bond donors (Lipinski definition) is 1. The van der Waals surface area contributed by atoms with Gasteiger partial charge in [0.25, 0.3) is 0 Å². The molecule has 0 aliphatic heterocycles. The molecule has 0 atom stereocenters. The quantitative estimate of drug-likeness (QED) is 0.723. The van der Waals surface area contributed by atoms with Crippen LogP contribution in [-0.2, 0) is 6.54 Å².